The molecule has 2 rings (SSSR count). The second kappa shape index (κ2) is 2.71. The number of hydrogen-bond acceptors (Lipinski definition) is 3. The normalized spacial score (nSPS) is 10.9. The first kappa shape index (κ1) is 8.01. The van der Waals surface area contributed by atoms with Crippen LogP contribution in [0.4, 0.5) is 0 Å². The van der Waals surface area contributed by atoms with Gasteiger partial charge in [-0.15, -0.1) is 0 Å². The van der Waals surface area contributed by atoms with Crippen molar-refractivity contribution < 1.29 is 4.42 Å². The summed E-state index contributed by atoms with van der Waals surface area (Å²) in [6, 6.07) is 0. The molecular formula is C7H4BrClN2O. The monoisotopic (exact) mass is 246 g/mol. The largest absolute Gasteiger partial charge is 0.431 e. The van der Waals surface area contributed by atoms with Crippen LogP contribution < -0.4 is 0 Å². The van der Waals surface area contributed by atoms with Crippen LogP contribution in [-0.4, -0.2) is 9.97 Å². The highest BCUT2D eigenvalue weighted by molar-refractivity contribution is 9.10. The molecule has 0 N–H and O–H groups in total. The number of aryl methyl sites for hydroxylation is 1. The van der Waals surface area contributed by atoms with Gasteiger partial charge >= 0.3 is 0 Å². The van der Waals surface area contributed by atoms with Gasteiger partial charge in [-0.1, -0.05) is 11.6 Å². The summed E-state index contributed by atoms with van der Waals surface area (Å²) in [7, 11) is 0. The van der Waals surface area contributed by atoms with Crippen LogP contribution in [0.5, 0.6) is 0 Å². The number of furan rings is 1. The number of nitrogens with zero attached hydrogens (tertiary/aromatic N) is 2. The summed E-state index contributed by atoms with van der Waals surface area (Å²) >= 11 is 9.09. The smallest absolute Gasteiger partial charge is 0.232 e. The summed E-state index contributed by atoms with van der Waals surface area (Å²) in [5.41, 5.74) is 1.44. The average Bonchev–Trinajstić information content (AvgIpc) is 2.29. The van der Waals surface area contributed by atoms with Gasteiger partial charge in [-0.05, 0) is 22.9 Å². The van der Waals surface area contributed by atoms with Crippen LogP contribution in [0.15, 0.2) is 15.4 Å². The van der Waals surface area contributed by atoms with Crippen molar-refractivity contribution >= 4 is 38.6 Å². The second-order valence-corrected chi connectivity index (χ2v) is 3.42. The van der Waals surface area contributed by atoms with Crippen molar-refractivity contribution in [1.82, 2.24) is 9.97 Å². The highest BCUT2D eigenvalue weighted by Crippen LogP contribution is 2.31. The van der Waals surface area contributed by atoms with Crippen LogP contribution in [0.3, 0.4) is 0 Å². The van der Waals surface area contributed by atoms with Crippen molar-refractivity contribution in [2.75, 3.05) is 0 Å². The minimum absolute atomic E-state index is 0.423. The zero-order chi connectivity index (χ0) is 8.72. The predicted octanol–water partition coefficient (Wildman–Crippen LogP) is 2.95. The highest BCUT2D eigenvalue weighted by atomic mass is 79.9. The summed E-state index contributed by atoms with van der Waals surface area (Å²) in [4.78, 5) is 7.79. The third-order valence-electron chi connectivity index (χ3n) is 1.62. The van der Waals surface area contributed by atoms with Gasteiger partial charge in [0.2, 0.25) is 5.71 Å². The molecule has 3 nitrogen and oxygen atoms in total. The van der Waals surface area contributed by atoms with Crippen LogP contribution >= 0.6 is 27.5 Å². The van der Waals surface area contributed by atoms with E-state index in [0.717, 1.165) is 10.9 Å². The van der Waals surface area contributed by atoms with Gasteiger partial charge in [0.05, 0.1) is 5.39 Å². The first-order valence-corrected chi connectivity index (χ1v) is 4.42. The van der Waals surface area contributed by atoms with Crippen molar-refractivity contribution in [2.24, 2.45) is 0 Å². The third-order valence-corrected chi connectivity index (χ3v) is 2.67. The van der Waals surface area contributed by atoms with Crippen LogP contribution in [-0.2, 0) is 0 Å². The topological polar surface area (TPSA) is 38.9 Å². The Bertz CT molecular complexity index is 440. The standard InChI is InChI=1S/C7H4BrClN2O/c1-3-4-6(9)10-2-11-7(4)12-5(3)8/h2H,1H3. The zero-order valence-corrected chi connectivity index (χ0v) is 8.48. The zero-order valence-electron chi connectivity index (χ0n) is 6.14. The van der Waals surface area contributed by atoms with E-state index >= 15 is 0 Å². The molecule has 0 aliphatic rings. The maximum Gasteiger partial charge on any atom is 0.232 e. The third kappa shape index (κ3) is 1.03. The van der Waals surface area contributed by atoms with Gasteiger partial charge in [0.25, 0.3) is 0 Å². The molecule has 0 unspecified atom stereocenters. The van der Waals surface area contributed by atoms with E-state index in [2.05, 4.69) is 25.9 Å². The Hall–Kier alpha value is -0.610. The molecule has 0 amide bonds. The summed E-state index contributed by atoms with van der Waals surface area (Å²) in [5, 5.41) is 1.19. The van der Waals surface area contributed by atoms with Gasteiger partial charge in [-0.2, -0.15) is 0 Å². The quantitative estimate of drug-likeness (QED) is 0.672. The summed E-state index contributed by atoms with van der Waals surface area (Å²) in [6.07, 6.45) is 1.38. The Labute approximate surface area is 81.9 Å². The van der Waals surface area contributed by atoms with Gasteiger partial charge in [0, 0.05) is 5.56 Å². The summed E-state index contributed by atoms with van der Waals surface area (Å²) in [5.74, 6) is 0. The second-order valence-electron chi connectivity index (χ2n) is 2.35. The van der Waals surface area contributed by atoms with Crippen molar-refractivity contribution in [3.63, 3.8) is 0 Å². The van der Waals surface area contributed by atoms with Crippen molar-refractivity contribution in [2.45, 2.75) is 6.92 Å². The fraction of sp³-hybridized carbons (Fsp3) is 0.143. The Morgan fingerprint density at radius 3 is 2.92 bits per heavy atom. The van der Waals surface area contributed by atoms with E-state index in [9.17, 15) is 0 Å². The molecule has 2 aromatic heterocycles. The molecule has 2 aromatic rings. The lowest BCUT2D eigenvalue weighted by Crippen LogP contribution is -1.79. The fourth-order valence-corrected chi connectivity index (χ4v) is 1.62. The molecule has 0 aliphatic carbocycles. The molecule has 0 saturated carbocycles. The lowest BCUT2D eigenvalue weighted by Gasteiger charge is -1.89. The number of rotatable bonds is 0. The fourth-order valence-electron chi connectivity index (χ4n) is 1.00. The van der Waals surface area contributed by atoms with E-state index in [0.29, 0.717) is 15.5 Å². The number of halogens is 2. The Balaban J connectivity index is 2.97. The Morgan fingerprint density at radius 1 is 1.50 bits per heavy atom. The van der Waals surface area contributed by atoms with E-state index in [1.54, 1.807) is 0 Å². The number of aromatic nitrogens is 2. The first-order valence-electron chi connectivity index (χ1n) is 3.25. The molecule has 0 spiro atoms. The van der Waals surface area contributed by atoms with Crippen LogP contribution in [0.25, 0.3) is 11.1 Å². The van der Waals surface area contributed by atoms with Gasteiger partial charge in [-0.3, -0.25) is 0 Å². The minimum atomic E-state index is 0.423. The van der Waals surface area contributed by atoms with E-state index in [4.69, 9.17) is 16.0 Å². The molecular weight excluding hydrogens is 243 g/mol. The summed E-state index contributed by atoms with van der Waals surface area (Å²) < 4.78 is 5.91. The van der Waals surface area contributed by atoms with E-state index in [-0.39, 0.29) is 0 Å². The minimum Gasteiger partial charge on any atom is -0.431 e. The molecule has 2 heterocycles. The number of hydrogen-bond donors (Lipinski definition) is 0. The van der Waals surface area contributed by atoms with E-state index in [1.165, 1.54) is 6.33 Å². The molecule has 0 fully saturated rings. The molecule has 0 aliphatic heterocycles. The number of fused-ring (bicyclic) bond motifs is 1. The molecule has 0 bridgehead atoms. The van der Waals surface area contributed by atoms with Crippen molar-refractivity contribution in [3.8, 4) is 0 Å². The molecule has 0 radical (unpaired) electrons. The van der Waals surface area contributed by atoms with E-state index in [1.807, 2.05) is 6.92 Å². The van der Waals surface area contributed by atoms with Gasteiger partial charge in [0.15, 0.2) is 4.67 Å². The SMILES string of the molecule is Cc1c(Br)oc2ncnc(Cl)c12. The lowest BCUT2D eigenvalue weighted by molar-refractivity contribution is 0.572. The molecule has 5 heteroatoms. The predicted molar refractivity (Wildman–Crippen MR) is 49.3 cm³/mol. The van der Waals surface area contributed by atoms with Gasteiger partial charge in [-0.25, -0.2) is 9.97 Å². The van der Waals surface area contributed by atoms with Crippen molar-refractivity contribution in [1.29, 1.82) is 0 Å². The molecule has 12 heavy (non-hydrogen) atoms. The van der Waals surface area contributed by atoms with Crippen LogP contribution in [0, 0.1) is 6.92 Å². The van der Waals surface area contributed by atoms with Crippen molar-refractivity contribution in [3.05, 3.63) is 21.7 Å². The molecule has 0 atom stereocenters. The summed E-state index contributed by atoms with van der Waals surface area (Å²) in [6.45, 7) is 1.89. The molecule has 0 aromatic carbocycles. The highest BCUT2D eigenvalue weighted by Gasteiger charge is 2.12. The van der Waals surface area contributed by atoms with Crippen LogP contribution in [0.2, 0.25) is 5.15 Å². The Kier molecular flexibility index (Phi) is 1.81. The maximum atomic E-state index is 5.84. The lowest BCUT2D eigenvalue weighted by atomic mass is 10.3. The maximum absolute atomic E-state index is 5.84. The van der Waals surface area contributed by atoms with Gasteiger partial charge in [0.1, 0.15) is 11.5 Å². The Morgan fingerprint density at radius 2 is 2.25 bits per heavy atom. The van der Waals surface area contributed by atoms with Gasteiger partial charge < -0.3 is 4.42 Å². The molecule has 62 valence electrons. The first-order chi connectivity index (χ1) is 5.70. The van der Waals surface area contributed by atoms with E-state index < -0.39 is 0 Å². The van der Waals surface area contributed by atoms with Crippen LogP contribution in [0.1, 0.15) is 5.56 Å². The molecule has 0 saturated heterocycles. The average molecular weight is 247 g/mol.